The monoisotopic (exact) mass is 376 g/mol. The molecule has 1 N–H and O–H groups in total. The van der Waals surface area contributed by atoms with Crippen molar-refractivity contribution in [3.8, 4) is 0 Å². The minimum Gasteiger partial charge on any atom is -0.394 e. The predicted molar refractivity (Wildman–Crippen MR) is 93.4 cm³/mol. The zero-order valence-electron chi connectivity index (χ0n) is 11.9. The molecule has 0 radical (unpaired) electrons. The number of rotatable bonds is 4. The average molecular weight is 376 g/mol. The van der Waals surface area contributed by atoms with Gasteiger partial charge in [0.05, 0.1) is 18.8 Å². The van der Waals surface area contributed by atoms with Crippen molar-refractivity contribution in [3.63, 3.8) is 0 Å². The first-order valence-electron chi connectivity index (χ1n) is 6.42. The summed E-state index contributed by atoms with van der Waals surface area (Å²) in [5.41, 5.74) is 0. The van der Waals surface area contributed by atoms with Gasteiger partial charge in [-0.15, -0.1) is 0 Å². The van der Waals surface area contributed by atoms with Gasteiger partial charge in [0.15, 0.2) is 0 Å². The predicted octanol–water partition coefficient (Wildman–Crippen LogP) is 3.76. The molecule has 0 bridgehead atoms. The molecule has 2 aliphatic rings. The minimum atomic E-state index is -1.25. The van der Waals surface area contributed by atoms with E-state index in [1.807, 2.05) is 0 Å². The zero-order chi connectivity index (χ0) is 15.1. The number of aliphatic hydroxyl groups is 1. The van der Waals surface area contributed by atoms with Crippen LogP contribution in [-0.2, 0) is 18.6 Å². The van der Waals surface area contributed by atoms with Gasteiger partial charge >= 0.3 is 26.0 Å². The molecule has 0 aliphatic carbocycles. The molecule has 0 aromatic carbocycles. The Balaban J connectivity index is 0.000000364. The summed E-state index contributed by atoms with van der Waals surface area (Å²) in [5, 5.41) is 8.42. The molecule has 0 saturated carbocycles. The van der Waals surface area contributed by atoms with Crippen LogP contribution in [0, 0.1) is 0 Å². The van der Waals surface area contributed by atoms with E-state index < -0.39 is 15.6 Å². The van der Waals surface area contributed by atoms with Crippen molar-refractivity contribution in [2.75, 3.05) is 31.4 Å². The van der Waals surface area contributed by atoms with Gasteiger partial charge in [-0.3, -0.25) is 0 Å². The summed E-state index contributed by atoms with van der Waals surface area (Å²) in [4.78, 5) is 0. The molecule has 0 spiro atoms. The number of hydrogen-bond acceptors (Lipinski definition) is 7. The largest absolute Gasteiger partial charge is 0.394 e. The third kappa shape index (κ3) is 7.74. The van der Waals surface area contributed by atoms with Crippen molar-refractivity contribution in [2.24, 2.45) is 0 Å². The molecule has 0 amide bonds. The van der Waals surface area contributed by atoms with Crippen LogP contribution < -0.4 is 0 Å². The Bertz CT molecular complexity index is 314. The van der Waals surface area contributed by atoms with Crippen molar-refractivity contribution in [1.82, 2.24) is 0 Å². The lowest BCUT2D eigenvalue weighted by molar-refractivity contribution is 0.0542. The standard InChI is InChI=1S/C6H12O2PS.C5H10O3PS.CH4/c1-3-5-4-10-6(8-5)9(2)7;1-9(7)5-8-4(2-6)3-10-5;/h5-6H,3-4H2,1-2H3;4-6H,2-3H2,1H3;1H4/q2*+1;. The highest BCUT2D eigenvalue weighted by atomic mass is 32.2. The maximum absolute atomic E-state index is 10.9. The van der Waals surface area contributed by atoms with Crippen molar-refractivity contribution in [1.29, 1.82) is 0 Å². The summed E-state index contributed by atoms with van der Waals surface area (Å²) < 4.78 is 32.4. The third-order valence-corrected chi connectivity index (χ3v) is 8.75. The van der Waals surface area contributed by atoms with Gasteiger partial charge in [-0.1, -0.05) is 47.0 Å². The van der Waals surface area contributed by atoms with Gasteiger partial charge in [0.25, 0.3) is 0 Å². The van der Waals surface area contributed by atoms with E-state index in [0.717, 1.165) is 17.9 Å². The Labute approximate surface area is 137 Å². The van der Waals surface area contributed by atoms with Crippen LogP contribution in [0.1, 0.15) is 20.8 Å². The van der Waals surface area contributed by atoms with E-state index in [-0.39, 0.29) is 30.5 Å². The molecular weight excluding hydrogens is 350 g/mol. The van der Waals surface area contributed by atoms with Crippen LogP contribution in [0.2, 0.25) is 0 Å². The fourth-order valence-electron chi connectivity index (χ4n) is 1.56. The van der Waals surface area contributed by atoms with Crippen LogP contribution in [0.3, 0.4) is 0 Å². The Morgan fingerprint density at radius 3 is 1.71 bits per heavy atom. The van der Waals surface area contributed by atoms with Crippen LogP contribution in [0.15, 0.2) is 0 Å². The summed E-state index contributed by atoms with van der Waals surface area (Å²) in [6.07, 6.45) is 1.27. The molecule has 9 heteroatoms. The van der Waals surface area contributed by atoms with Crippen molar-refractivity contribution in [2.45, 2.75) is 43.3 Å². The van der Waals surface area contributed by atoms with Crippen LogP contribution >= 0.6 is 39.1 Å². The second kappa shape index (κ2) is 11.3. The molecule has 2 fully saturated rings. The second-order valence-electron chi connectivity index (χ2n) is 4.48. The number of hydrogen-bond donors (Lipinski definition) is 1. The fourth-order valence-corrected chi connectivity index (χ4v) is 6.17. The van der Waals surface area contributed by atoms with Gasteiger partial charge in [0, 0.05) is 11.5 Å². The third-order valence-electron chi connectivity index (χ3n) is 2.72. The van der Waals surface area contributed by atoms with Crippen LogP contribution in [0.4, 0.5) is 0 Å². The molecule has 2 heterocycles. The SMILES string of the molecule is C.CCC1CSC([P+](C)=O)O1.C[P+](=O)C1OC(CO)CS1. The summed E-state index contributed by atoms with van der Waals surface area (Å²) in [6.45, 7) is 5.50. The Hall–Kier alpha value is 0.780. The molecule has 0 aromatic rings. The van der Waals surface area contributed by atoms with Crippen molar-refractivity contribution < 1.29 is 23.7 Å². The second-order valence-corrected chi connectivity index (χ2v) is 10.5. The van der Waals surface area contributed by atoms with E-state index in [1.165, 1.54) is 11.8 Å². The lowest BCUT2D eigenvalue weighted by Gasteiger charge is -2.01. The van der Waals surface area contributed by atoms with E-state index >= 15 is 0 Å². The number of aliphatic hydroxyl groups excluding tert-OH is 1. The van der Waals surface area contributed by atoms with Gasteiger partial charge in [0.1, 0.15) is 13.3 Å². The highest BCUT2D eigenvalue weighted by Gasteiger charge is 2.36. The van der Waals surface area contributed by atoms with E-state index in [0.29, 0.717) is 6.10 Å². The maximum Gasteiger partial charge on any atom is 0.378 e. The highest BCUT2D eigenvalue weighted by molar-refractivity contribution is 8.04. The number of ether oxygens (including phenoxy) is 2. The van der Waals surface area contributed by atoms with Gasteiger partial charge in [-0.2, -0.15) is 0 Å². The molecule has 6 unspecified atom stereocenters. The van der Waals surface area contributed by atoms with E-state index in [4.69, 9.17) is 14.6 Å². The summed E-state index contributed by atoms with van der Waals surface area (Å²) in [6, 6.07) is 0. The molecule has 124 valence electrons. The van der Waals surface area contributed by atoms with Gasteiger partial charge in [-0.05, 0) is 6.42 Å². The Morgan fingerprint density at radius 1 is 1.05 bits per heavy atom. The van der Waals surface area contributed by atoms with Crippen molar-refractivity contribution in [3.05, 3.63) is 0 Å². The van der Waals surface area contributed by atoms with E-state index in [1.54, 1.807) is 25.1 Å². The minimum absolute atomic E-state index is 0. The Morgan fingerprint density at radius 2 is 1.48 bits per heavy atom. The fraction of sp³-hybridized carbons (Fsp3) is 1.00. The molecule has 6 atom stereocenters. The first-order valence-corrected chi connectivity index (χ1v) is 12.1. The van der Waals surface area contributed by atoms with E-state index in [9.17, 15) is 9.13 Å². The van der Waals surface area contributed by atoms with E-state index in [2.05, 4.69) is 6.92 Å². The lowest BCUT2D eigenvalue weighted by Crippen LogP contribution is -2.14. The van der Waals surface area contributed by atoms with Crippen molar-refractivity contribution >= 4 is 39.1 Å². The normalized spacial score (nSPS) is 32.8. The zero-order valence-corrected chi connectivity index (χ0v) is 15.4. The molecule has 2 saturated heterocycles. The van der Waals surface area contributed by atoms with Crippen LogP contribution in [0.25, 0.3) is 0 Å². The molecular formula is C12H26O5P2S2+2. The molecule has 21 heavy (non-hydrogen) atoms. The molecule has 2 aliphatic heterocycles. The molecule has 5 nitrogen and oxygen atoms in total. The molecule has 2 rings (SSSR count). The first kappa shape index (κ1) is 21.8. The maximum atomic E-state index is 10.9. The van der Waals surface area contributed by atoms with Gasteiger partial charge in [0.2, 0.25) is 0 Å². The summed E-state index contributed by atoms with van der Waals surface area (Å²) >= 11 is 3.19. The van der Waals surface area contributed by atoms with Gasteiger partial charge in [-0.25, -0.2) is 0 Å². The molecule has 0 aromatic heterocycles. The Kier molecular flexibility index (Phi) is 11.8. The summed E-state index contributed by atoms with van der Waals surface area (Å²) in [5.74, 6) is 1.77. The smallest absolute Gasteiger partial charge is 0.378 e. The van der Waals surface area contributed by atoms with Crippen LogP contribution in [0.5, 0.6) is 0 Å². The number of thioether (sulfide) groups is 2. The summed E-state index contributed by atoms with van der Waals surface area (Å²) in [7, 11) is -2.40. The highest BCUT2D eigenvalue weighted by Crippen LogP contribution is 2.41. The van der Waals surface area contributed by atoms with Gasteiger partial charge < -0.3 is 14.6 Å². The lowest BCUT2D eigenvalue weighted by atomic mass is 10.3. The topological polar surface area (TPSA) is 72.8 Å². The van der Waals surface area contributed by atoms with Crippen LogP contribution in [-0.4, -0.2) is 59.1 Å². The first-order chi connectivity index (χ1) is 9.47. The average Bonchev–Trinajstić information content (AvgIpc) is 3.08. The quantitative estimate of drug-likeness (QED) is 0.749.